The van der Waals surface area contributed by atoms with E-state index in [0.29, 0.717) is 30.2 Å². The molecule has 5 heteroatoms. The van der Waals surface area contributed by atoms with Crippen molar-refractivity contribution in [1.82, 2.24) is 4.90 Å². The maximum Gasteiger partial charge on any atom is 0.255 e. The number of benzene rings is 4. The van der Waals surface area contributed by atoms with Gasteiger partial charge in [-0.25, -0.2) is 0 Å². The van der Waals surface area contributed by atoms with Crippen LogP contribution in [-0.2, 0) is 13.2 Å². The van der Waals surface area contributed by atoms with Gasteiger partial charge in [0.2, 0.25) is 0 Å². The van der Waals surface area contributed by atoms with E-state index >= 15 is 0 Å². The molecule has 4 aromatic carbocycles. The summed E-state index contributed by atoms with van der Waals surface area (Å²) in [7, 11) is 1.58. The van der Waals surface area contributed by atoms with Crippen LogP contribution >= 0.6 is 0 Å². The van der Waals surface area contributed by atoms with Crippen LogP contribution in [0.1, 0.15) is 33.1 Å². The maximum atomic E-state index is 13.6. The van der Waals surface area contributed by atoms with Crippen LogP contribution < -0.4 is 9.47 Å². The number of ether oxygens (including phenoxy) is 2. The number of nitrogens with zero attached hydrogens (tertiary/aromatic N) is 2. The first-order chi connectivity index (χ1) is 17.2. The Morgan fingerprint density at radius 3 is 1.94 bits per heavy atom. The molecule has 0 unspecified atom stereocenters. The number of rotatable bonds is 9. The molecule has 4 aromatic rings. The predicted molar refractivity (Wildman–Crippen MR) is 135 cm³/mol. The van der Waals surface area contributed by atoms with Gasteiger partial charge in [-0.1, -0.05) is 72.8 Å². The van der Waals surface area contributed by atoms with Crippen molar-refractivity contribution in [3.05, 3.63) is 131 Å². The minimum Gasteiger partial charge on any atom is -0.497 e. The highest BCUT2D eigenvalue weighted by Crippen LogP contribution is 2.27. The molecular formula is C30H26N2O3. The van der Waals surface area contributed by atoms with E-state index in [2.05, 4.69) is 6.07 Å². The first-order valence-corrected chi connectivity index (χ1v) is 11.3. The zero-order valence-electron chi connectivity index (χ0n) is 19.5. The van der Waals surface area contributed by atoms with Crippen LogP contribution in [0.15, 0.2) is 109 Å². The highest BCUT2D eigenvalue weighted by molar-refractivity contribution is 5.94. The van der Waals surface area contributed by atoms with Crippen molar-refractivity contribution in [2.75, 3.05) is 7.11 Å². The smallest absolute Gasteiger partial charge is 0.255 e. The van der Waals surface area contributed by atoms with Gasteiger partial charge < -0.3 is 14.4 Å². The zero-order chi connectivity index (χ0) is 24.5. The monoisotopic (exact) mass is 462 g/mol. The Labute approximate surface area is 205 Å². The second kappa shape index (κ2) is 11.5. The number of hydrogen-bond acceptors (Lipinski definition) is 4. The van der Waals surface area contributed by atoms with Gasteiger partial charge in [-0.2, -0.15) is 5.26 Å². The molecule has 0 bridgehead atoms. The van der Waals surface area contributed by atoms with E-state index in [9.17, 15) is 10.1 Å². The third-order valence-electron chi connectivity index (χ3n) is 5.67. The molecule has 0 aliphatic rings. The lowest BCUT2D eigenvalue weighted by molar-refractivity contribution is 0.0701. The van der Waals surface area contributed by atoms with Gasteiger partial charge in [0.25, 0.3) is 5.91 Å². The molecule has 35 heavy (non-hydrogen) atoms. The largest absolute Gasteiger partial charge is 0.497 e. The summed E-state index contributed by atoms with van der Waals surface area (Å²) in [6.07, 6.45) is 0. The van der Waals surface area contributed by atoms with E-state index in [-0.39, 0.29) is 5.91 Å². The van der Waals surface area contributed by atoms with Gasteiger partial charge in [-0.15, -0.1) is 0 Å². The number of amides is 1. The molecule has 0 aliphatic heterocycles. The van der Waals surface area contributed by atoms with E-state index < -0.39 is 6.04 Å². The number of methoxy groups -OCH3 is 1. The predicted octanol–water partition coefficient (Wildman–Crippen LogP) is 6.18. The van der Waals surface area contributed by atoms with Gasteiger partial charge in [0.05, 0.1) is 13.2 Å². The molecule has 174 valence electrons. The zero-order valence-corrected chi connectivity index (χ0v) is 19.5. The molecule has 1 amide bonds. The van der Waals surface area contributed by atoms with Crippen molar-refractivity contribution in [1.29, 1.82) is 5.26 Å². The van der Waals surface area contributed by atoms with E-state index in [1.54, 1.807) is 36.3 Å². The Morgan fingerprint density at radius 2 is 1.37 bits per heavy atom. The van der Waals surface area contributed by atoms with Crippen LogP contribution in [0.2, 0.25) is 0 Å². The van der Waals surface area contributed by atoms with Gasteiger partial charge in [0.1, 0.15) is 24.1 Å². The molecule has 4 rings (SSSR count). The number of carbonyl (C=O) groups is 1. The third-order valence-corrected chi connectivity index (χ3v) is 5.67. The molecule has 1 atom stereocenters. The third kappa shape index (κ3) is 6.07. The maximum absolute atomic E-state index is 13.6. The van der Waals surface area contributed by atoms with E-state index in [0.717, 1.165) is 16.7 Å². The minimum atomic E-state index is -0.770. The normalized spacial score (nSPS) is 11.2. The van der Waals surface area contributed by atoms with Crippen molar-refractivity contribution in [2.45, 2.75) is 19.2 Å². The van der Waals surface area contributed by atoms with Crippen LogP contribution in [0, 0.1) is 11.3 Å². The molecule has 0 spiro atoms. The van der Waals surface area contributed by atoms with Crippen molar-refractivity contribution in [2.24, 2.45) is 0 Å². The second-order valence-electron chi connectivity index (χ2n) is 8.02. The fourth-order valence-electron chi connectivity index (χ4n) is 3.77. The summed E-state index contributed by atoms with van der Waals surface area (Å²) in [5.74, 6) is 1.14. The molecule has 0 saturated carbocycles. The average molecular weight is 463 g/mol. The highest BCUT2D eigenvalue weighted by Gasteiger charge is 2.26. The Hall–Kier alpha value is -4.56. The highest BCUT2D eigenvalue weighted by atomic mass is 16.5. The fraction of sp³-hybridized carbons (Fsp3) is 0.133. The summed E-state index contributed by atoms with van der Waals surface area (Å²) in [5, 5.41) is 10.1. The molecule has 0 aromatic heterocycles. The first kappa shape index (κ1) is 23.6. The van der Waals surface area contributed by atoms with Crippen LogP contribution in [0.5, 0.6) is 11.5 Å². The molecule has 5 nitrogen and oxygen atoms in total. The van der Waals surface area contributed by atoms with Crippen molar-refractivity contribution in [3.8, 4) is 17.6 Å². The number of nitriles is 1. The van der Waals surface area contributed by atoms with Gasteiger partial charge in [0.15, 0.2) is 0 Å². The van der Waals surface area contributed by atoms with Gasteiger partial charge in [-0.05, 0) is 53.1 Å². The summed E-state index contributed by atoms with van der Waals surface area (Å²) in [6.45, 7) is 0.758. The molecular weight excluding hydrogens is 436 g/mol. The molecule has 0 fully saturated rings. The van der Waals surface area contributed by atoms with E-state index in [4.69, 9.17) is 9.47 Å². The molecule has 0 heterocycles. The Bertz CT molecular complexity index is 1270. The topological polar surface area (TPSA) is 62.6 Å². The lowest BCUT2D eigenvalue weighted by atomic mass is 10.0. The van der Waals surface area contributed by atoms with Crippen LogP contribution in [0.3, 0.4) is 0 Å². The molecule has 0 aliphatic carbocycles. The molecule has 0 N–H and O–H groups in total. The van der Waals surface area contributed by atoms with Crippen LogP contribution in [0.4, 0.5) is 0 Å². The van der Waals surface area contributed by atoms with Gasteiger partial charge in [0, 0.05) is 12.1 Å². The van der Waals surface area contributed by atoms with E-state index in [1.165, 1.54) is 0 Å². The quantitative estimate of drug-likeness (QED) is 0.298. The standard InChI is InChI=1S/C30H26N2O3/c1-34-27-16-14-26(15-17-27)30(33)32(21-23-8-4-2-5-9-23)29(20-31)25-12-18-28(19-13-25)35-22-24-10-6-3-7-11-24/h2-19,29H,21-22H2,1H3/t29-/m0/s1. The Morgan fingerprint density at radius 1 is 0.800 bits per heavy atom. The number of hydrogen-bond donors (Lipinski definition) is 0. The lowest BCUT2D eigenvalue weighted by Crippen LogP contribution is -2.34. The van der Waals surface area contributed by atoms with Crippen molar-refractivity contribution >= 4 is 5.91 Å². The Kier molecular flexibility index (Phi) is 7.77. The van der Waals surface area contributed by atoms with E-state index in [1.807, 2.05) is 84.9 Å². The average Bonchev–Trinajstić information content (AvgIpc) is 2.93. The van der Waals surface area contributed by atoms with Gasteiger partial charge in [-0.3, -0.25) is 4.79 Å². The van der Waals surface area contributed by atoms with Crippen molar-refractivity contribution < 1.29 is 14.3 Å². The number of carbonyl (C=O) groups excluding carboxylic acids is 1. The summed E-state index contributed by atoms with van der Waals surface area (Å²) in [5.41, 5.74) is 3.23. The molecule has 0 radical (unpaired) electrons. The molecule has 0 saturated heterocycles. The Balaban J connectivity index is 1.57. The SMILES string of the molecule is COc1ccc(C(=O)N(Cc2ccccc2)[C@@H](C#N)c2ccc(OCc3ccccc3)cc2)cc1. The van der Waals surface area contributed by atoms with Gasteiger partial charge >= 0.3 is 0 Å². The fourth-order valence-corrected chi connectivity index (χ4v) is 3.77. The van der Waals surface area contributed by atoms with Crippen LogP contribution in [-0.4, -0.2) is 17.9 Å². The first-order valence-electron chi connectivity index (χ1n) is 11.3. The second-order valence-corrected chi connectivity index (χ2v) is 8.02. The van der Waals surface area contributed by atoms with Crippen LogP contribution in [0.25, 0.3) is 0 Å². The summed E-state index contributed by atoms with van der Waals surface area (Å²) in [6, 6.07) is 35.4. The summed E-state index contributed by atoms with van der Waals surface area (Å²) >= 11 is 0. The summed E-state index contributed by atoms with van der Waals surface area (Å²) < 4.78 is 11.1. The van der Waals surface area contributed by atoms with Crippen molar-refractivity contribution in [3.63, 3.8) is 0 Å². The minimum absolute atomic E-state index is 0.229. The lowest BCUT2D eigenvalue weighted by Gasteiger charge is -2.28. The summed E-state index contributed by atoms with van der Waals surface area (Å²) in [4.78, 5) is 15.2.